The van der Waals surface area contributed by atoms with E-state index in [0.717, 1.165) is 50.3 Å². The molecule has 0 spiro atoms. The maximum absolute atomic E-state index is 12.8. The van der Waals surface area contributed by atoms with E-state index in [1.807, 2.05) is 71.9 Å². The van der Waals surface area contributed by atoms with Gasteiger partial charge in [-0.1, -0.05) is 60.7 Å². The summed E-state index contributed by atoms with van der Waals surface area (Å²) in [5.74, 6) is -0.0341. The lowest BCUT2D eigenvalue weighted by Gasteiger charge is -2.35. The average molecular weight is 503 g/mol. The van der Waals surface area contributed by atoms with Gasteiger partial charge < -0.3 is 10.2 Å². The third-order valence-corrected chi connectivity index (χ3v) is 7.20. The summed E-state index contributed by atoms with van der Waals surface area (Å²) in [4.78, 5) is 28.9. The lowest BCUT2D eigenvalue weighted by Crippen LogP contribution is -2.54. The molecule has 188 valence electrons. The number of hydrogen-bond acceptors (Lipinski definition) is 5. The van der Waals surface area contributed by atoms with Gasteiger partial charge in [0.15, 0.2) is 0 Å². The lowest BCUT2D eigenvalue weighted by atomic mass is 10.0. The van der Waals surface area contributed by atoms with Crippen LogP contribution in [-0.4, -0.2) is 60.7 Å². The quantitative estimate of drug-likeness (QED) is 0.408. The van der Waals surface area contributed by atoms with Crippen LogP contribution in [0.2, 0.25) is 0 Å². The highest BCUT2D eigenvalue weighted by molar-refractivity contribution is 7.98. The van der Waals surface area contributed by atoms with Crippen molar-refractivity contribution in [2.75, 3.05) is 39.0 Å². The number of amides is 2. The van der Waals surface area contributed by atoms with Crippen molar-refractivity contribution in [2.45, 2.75) is 23.8 Å². The number of rotatable bonds is 10. The molecular formula is C29H34N4O2S. The molecule has 0 aromatic heterocycles. The summed E-state index contributed by atoms with van der Waals surface area (Å²) in [7, 11) is 0. The summed E-state index contributed by atoms with van der Waals surface area (Å²) in [5.41, 5.74) is 5.86. The highest BCUT2D eigenvalue weighted by Crippen LogP contribution is 2.19. The number of nitrogens with one attached hydrogen (secondary N) is 2. The van der Waals surface area contributed by atoms with E-state index in [9.17, 15) is 9.59 Å². The fourth-order valence-electron chi connectivity index (χ4n) is 4.38. The maximum Gasteiger partial charge on any atom is 0.251 e. The van der Waals surface area contributed by atoms with Crippen molar-refractivity contribution in [2.24, 2.45) is 0 Å². The Kier molecular flexibility index (Phi) is 9.55. The predicted molar refractivity (Wildman–Crippen MR) is 146 cm³/mol. The Balaban J connectivity index is 1.24. The van der Waals surface area contributed by atoms with Crippen LogP contribution in [0.1, 0.15) is 33.9 Å². The molecule has 2 amide bonds. The molecule has 4 rings (SSSR count). The van der Waals surface area contributed by atoms with Gasteiger partial charge in [-0.15, -0.1) is 11.8 Å². The lowest BCUT2D eigenvalue weighted by molar-refractivity contribution is -0.126. The van der Waals surface area contributed by atoms with E-state index in [4.69, 9.17) is 0 Å². The second-order valence-electron chi connectivity index (χ2n) is 8.98. The summed E-state index contributed by atoms with van der Waals surface area (Å²) in [6.07, 6.45) is 3.25. The normalized spacial score (nSPS) is 15.2. The van der Waals surface area contributed by atoms with Gasteiger partial charge in [-0.3, -0.25) is 15.0 Å². The van der Waals surface area contributed by atoms with E-state index >= 15 is 0 Å². The second kappa shape index (κ2) is 13.3. The van der Waals surface area contributed by atoms with E-state index in [1.54, 1.807) is 11.8 Å². The van der Waals surface area contributed by atoms with Crippen LogP contribution in [0, 0.1) is 0 Å². The molecule has 1 heterocycles. The largest absolute Gasteiger partial charge is 0.345 e. The Hall–Kier alpha value is -3.13. The van der Waals surface area contributed by atoms with Crippen molar-refractivity contribution < 1.29 is 9.59 Å². The predicted octanol–water partition coefficient (Wildman–Crippen LogP) is 4.16. The van der Waals surface area contributed by atoms with Crippen molar-refractivity contribution >= 4 is 23.6 Å². The highest BCUT2D eigenvalue weighted by Gasteiger charge is 2.21. The molecule has 0 bridgehead atoms. The third-order valence-electron chi connectivity index (χ3n) is 6.46. The highest BCUT2D eigenvalue weighted by atomic mass is 32.2. The Morgan fingerprint density at radius 3 is 2.14 bits per heavy atom. The fourth-order valence-corrected chi connectivity index (χ4v) is 4.79. The summed E-state index contributed by atoms with van der Waals surface area (Å²) >= 11 is 1.70. The Bertz CT molecular complexity index is 1100. The average Bonchev–Trinajstić information content (AvgIpc) is 2.93. The van der Waals surface area contributed by atoms with Crippen molar-refractivity contribution in [1.29, 1.82) is 0 Å². The summed E-state index contributed by atoms with van der Waals surface area (Å²) < 4.78 is 0. The van der Waals surface area contributed by atoms with Gasteiger partial charge in [0.1, 0.15) is 0 Å². The topological polar surface area (TPSA) is 64.7 Å². The van der Waals surface area contributed by atoms with Crippen LogP contribution in [0.3, 0.4) is 0 Å². The number of thioether (sulfide) groups is 1. The van der Waals surface area contributed by atoms with E-state index < -0.39 is 0 Å². The summed E-state index contributed by atoms with van der Waals surface area (Å²) in [6.45, 7) is 4.18. The van der Waals surface area contributed by atoms with Crippen LogP contribution in [0.5, 0.6) is 0 Å². The zero-order valence-electron chi connectivity index (χ0n) is 20.7. The van der Waals surface area contributed by atoms with Crippen LogP contribution in [0.25, 0.3) is 0 Å². The number of nitrogens with zero attached hydrogens (tertiary/aromatic N) is 2. The molecule has 7 heteroatoms. The molecule has 3 aromatic carbocycles. The summed E-state index contributed by atoms with van der Waals surface area (Å²) in [5, 5.41) is 5.23. The van der Waals surface area contributed by atoms with Gasteiger partial charge in [0.2, 0.25) is 5.91 Å². The molecular weight excluding hydrogens is 468 g/mol. The SMILES string of the molecule is CSc1ccc(CC(=O)NN2CCN(CCC(NC(=O)c3ccccc3)c3ccccc3)CC2)cc1. The molecule has 1 aliphatic heterocycles. The number of hydrazine groups is 1. The van der Waals surface area contributed by atoms with Gasteiger partial charge in [0, 0.05) is 43.2 Å². The van der Waals surface area contributed by atoms with E-state index in [-0.39, 0.29) is 17.9 Å². The zero-order valence-corrected chi connectivity index (χ0v) is 21.5. The van der Waals surface area contributed by atoms with Crippen molar-refractivity contribution in [1.82, 2.24) is 20.7 Å². The Morgan fingerprint density at radius 1 is 0.861 bits per heavy atom. The molecule has 2 N–H and O–H groups in total. The molecule has 1 atom stereocenters. The van der Waals surface area contributed by atoms with Crippen LogP contribution in [0.4, 0.5) is 0 Å². The minimum absolute atomic E-state index is 0.0214. The molecule has 1 unspecified atom stereocenters. The Labute approximate surface area is 218 Å². The fraction of sp³-hybridized carbons (Fsp3) is 0.310. The van der Waals surface area contributed by atoms with Gasteiger partial charge in [-0.25, -0.2) is 5.01 Å². The Morgan fingerprint density at radius 2 is 1.50 bits per heavy atom. The molecule has 0 aliphatic carbocycles. The first kappa shape index (κ1) is 25.9. The molecule has 1 aliphatic rings. The monoisotopic (exact) mass is 502 g/mol. The maximum atomic E-state index is 12.8. The minimum atomic E-state index is -0.0610. The third kappa shape index (κ3) is 7.68. The first-order valence-corrected chi connectivity index (χ1v) is 13.6. The van der Waals surface area contributed by atoms with Crippen LogP contribution in [0.15, 0.2) is 89.8 Å². The smallest absolute Gasteiger partial charge is 0.251 e. The van der Waals surface area contributed by atoms with Crippen molar-refractivity contribution in [3.63, 3.8) is 0 Å². The zero-order chi connectivity index (χ0) is 25.2. The molecule has 0 saturated carbocycles. The van der Waals surface area contributed by atoms with E-state index in [1.165, 1.54) is 4.90 Å². The summed E-state index contributed by atoms with van der Waals surface area (Å²) in [6, 6.07) is 27.6. The first-order valence-electron chi connectivity index (χ1n) is 12.4. The first-order chi connectivity index (χ1) is 17.6. The van der Waals surface area contributed by atoms with Gasteiger partial charge in [0.25, 0.3) is 5.91 Å². The van der Waals surface area contributed by atoms with E-state index in [2.05, 4.69) is 39.9 Å². The van der Waals surface area contributed by atoms with Gasteiger partial charge >= 0.3 is 0 Å². The van der Waals surface area contributed by atoms with Gasteiger partial charge in [-0.2, -0.15) is 0 Å². The molecule has 6 nitrogen and oxygen atoms in total. The van der Waals surface area contributed by atoms with Crippen molar-refractivity contribution in [3.8, 4) is 0 Å². The minimum Gasteiger partial charge on any atom is -0.345 e. The standard InChI is InChI=1S/C29H34N4O2S/c1-36-26-14-12-23(13-15-26)22-28(34)31-33-20-18-32(19-21-33)17-16-27(24-8-4-2-5-9-24)30-29(35)25-10-6-3-7-11-25/h2-15,27H,16-22H2,1H3,(H,30,35)(H,31,34). The molecule has 0 radical (unpaired) electrons. The van der Waals surface area contributed by atoms with Gasteiger partial charge in [-0.05, 0) is 48.1 Å². The van der Waals surface area contributed by atoms with Crippen molar-refractivity contribution in [3.05, 3.63) is 102 Å². The van der Waals surface area contributed by atoms with Crippen LogP contribution < -0.4 is 10.7 Å². The number of carbonyl (C=O) groups excluding carboxylic acids is 2. The molecule has 3 aromatic rings. The second-order valence-corrected chi connectivity index (χ2v) is 9.86. The molecule has 36 heavy (non-hydrogen) atoms. The van der Waals surface area contributed by atoms with Crippen LogP contribution in [-0.2, 0) is 11.2 Å². The van der Waals surface area contributed by atoms with Crippen LogP contribution >= 0.6 is 11.8 Å². The number of hydrogen-bond donors (Lipinski definition) is 2. The molecule has 1 saturated heterocycles. The number of benzene rings is 3. The number of piperazine rings is 1. The molecule has 1 fully saturated rings. The number of carbonyl (C=O) groups is 2. The van der Waals surface area contributed by atoms with Gasteiger partial charge in [0.05, 0.1) is 12.5 Å². The van der Waals surface area contributed by atoms with E-state index in [0.29, 0.717) is 12.0 Å².